The number of aromatic amines is 1. The molecule has 1 aromatic heterocycles. The predicted molar refractivity (Wildman–Crippen MR) is 85.4 cm³/mol. The molecule has 0 aliphatic heterocycles. The molecule has 0 unspecified atom stereocenters. The lowest BCUT2D eigenvalue weighted by atomic mass is 10.2. The lowest BCUT2D eigenvalue weighted by molar-refractivity contribution is -0.123. The molecule has 116 valence electrons. The first-order chi connectivity index (χ1) is 10.6. The van der Waals surface area contributed by atoms with Crippen LogP contribution in [-0.4, -0.2) is 23.4 Å². The topological polar surface area (TPSA) is 83.2 Å². The number of aryl methyl sites for hydroxylation is 1. The summed E-state index contributed by atoms with van der Waals surface area (Å²) < 4.78 is 6.13. The van der Waals surface area contributed by atoms with E-state index in [4.69, 9.17) is 4.74 Å². The van der Waals surface area contributed by atoms with Gasteiger partial charge >= 0.3 is 0 Å². The van der Waals surface area contributed by atoms with Crippen LogP contribution in [0.3, 0.4) is 0 Å². The molecule has 0 bridgehead atoms. The van der Waals surface area contributed by atoms with Crippen molar-refractivity contribution in [3.05, 3.63) is 52.3 Å². The molecule has 1 heterocycles. The Morgan fingerprint density at radius 2 is 2.09 bits per heavy atom. The Kier molecular flexibility index (Phi) is 5.60. The van der Waals surface area contributed by atoms with Crippen LogP contribution in [0, 0.1) is 0 Å². The van der Waals surface area contributed by atoms with Gasteiger partial charge in [-0.1, -0.05) is 19.1 Å². The number of halogens is 1. The van der Waals surface area contributed by atoms with Crippen molar-refractivity contribution in [2.24, 2.45) is 0 Å². The maximum atomic E-state index is 11.7. The summed E-state index contributed by atoms with van der Waals surface area (Å²) in [5.41, 5.74) is 6.06. The fourth-order valence-corrected chi connectivity index (χ4v) is 2.08. The highest BCUT2D eigenvalue weighted by atomic mass is 79.9. The Morgan fingerprint density at radius 3 is 2.77 bits per heavy atom. The summed E-state index contributed by atoms with van der Waals surface area (Å²) in [5, 5.41) is 0. The lowest BCUT2D eigenvalue weighted by Gasteiger charge is -2.09. The molecule has 0 radical (unpaired) electrons. The van der Waals surface area contributed by atoms with Gasteiger partial charge in [-0.3, -0.25) is 20.4 Å². The molecular formula is C15H16BrN3O3. The van der Waals surface area contributed by atoms with Gasteiger partial charge in [0.05, 0.1) is 0 Å². The maximum absolute atomic E-state index is 11.7. The number of H-pyrrole nitrogens is 1. The zero-order chi connectivity index (χ0) is 15.9. The molecule has 1 aromatic carbocycles. The van der Waals surface area contributed by atoms with Gasteiger partial charge in [-0.2, -0.15) is 0 Å². The molecule has 0 fully saturated rings. The van der Waals surface area contributed by atoms with Crippen molar-refractivity contribution in [3.63, 3.8) is 0 Å². The van der Waals surface area contributed by atoms with Crippen molar-refractivity contribution in [2.45, 2.75) is 13.3 Å². The van der Waals surface area contributed by atoms with Crippen LogP contribution in [0.15, 0.2) is 41.0 Å². The normalized spacial score (nSPS) is 10.1. The number of rotatable bonds is 5. The Balaban J connectivity index is 1.77. The Hall–Kier alpha value is -2.28. The van der Waals surface area contributed by atoms with Crippen molar-refractivity contribution in [2.75, 3.05) is 6.61 Å². The summed E-state index contributed by atoms with van der Waals surface area (Å²) in [7, 11) is 0. The van der Waals surface area contributed by atoms with Crippen LogP contribution in [-0.2, 0) is 11.2 Å². The number of ether oxygens (including phenoxy) is 1. The molecule has 0 saturated carbocycles. The first-order valence-corrected chi connectivity index (χ1v) is 7.52. The summed E-state index contributed by atoms with van der Waals surface area (Å²) >= 11 is 3.22. The molecule has 2 rings (SSSR count). The Morgan fingerprint density at radius 1 is 1.27 bits per heavy atom. The number of nitrogens with one attached hydrogen (secondary N) is 3. The zero-order valence-corrected chi connectivity index (χ0v) is 13.6. The standard InChI is InChI=1S/C15H16BrN3O3/c1-2-10-4-3-5-12(6-10)22-9-14(20)18-19-15(21)13-7-11(16)8-17-13/h3-8,17H,2,9H2,1H3,(H,18,20)(H,19,21). The number of benzene rings is 1. The number of carbonyl (C=O) groups is 2. The van der Waals surface area contributed by atoms with Crippen LogP contribution in [0.4, 0.5) is 0 Å². The van der Waals surface area contributed by atoms with E-state index in [1.165, 1.54) is 0 Å². The number of hydrogen-bond acceptors (Lipinski definition) is 3. The van der Waals surface area contributed by atoms with Gasteiger partial charge in [0.25, 0.3) is 11.8 Å². The van der Waals surface area contributed by atoms with E-state index < -0.39 is 11.8 Å². The van der Waals surface area contributed by atoms with Gasteiger partial charge < -0.3 is 9.72 Å². The summed E-state index contributed by atoms with van der Waals surface area (Å²) in [4.78, 5) is 26.1. The van der Waals surface area contributed by atoms with Crippen LogP contribution in [0.2, 0.25) is 0 Å². The van der Waals surface area contributed by atoms with Crippen LogP contribution in [0.25, 0.3) is 0 Å². The van der Waals surface area contributed by atoms with Gasteiger partial charge in [0.2, 0.25) is 0 Å². The fraction of sp³-hybridized carbons (Fsp3) is 0.200. The third-order valence-electron chi connectivity index (χ3n) is 2.88. The van der Waals surface area contributed by atoms with E-state index in [-0.39, 0.29) is 6.61 Å². The van der Waals surface area contributed by atoms with Gasteiger partial charge in [0.1, 0.15) is 11.4 Å². The number of hydrogen-bond donors (Lipinski definition) is 3. The van der Waals surface area contributed by atoms with Gasteiger partial charge in [-0.15, -0.1) is 0 Å². The van der Waals surface area contributed by atoms with Crippen molar-refractivity contribution in [1.82, 2.24) is 15.8 Å². The van der Waals surface area contributed by atoms with Crippen LogP contribution in [0.5, 0.6) is 5.75 Å². The lowest BCUT2D eigenvalue weighted by Crippen LogP contribution is -2.43. The molecule has 0 atom stereocenters. The van der Waals surface area contributed by atoms with Gasteiger partial charge in [-0.25, -0.2) is 0 Å². The summed E-state index contributed by atoms with van der Waals surface area (Å²) in [6.07, 6.45) is 2.52. The van der Waals surface area contributed by atoms with Gasteiger partial charge in [-0.05, 0) is 46.1 Å². The zero-order valence-electron chi connectivity index (χ0n) is 12.0. The van der Waals surface area contributed by atoms with Gasteiger partial charge in [0.15, 0.2) is 6.61 Å². The minimum Gasteiger partial charge on any atom is -0.484 e. The SMILES string of the molecule is CCc1cccc(OCC(=O)NNC(=O)c2cc(Br)c[nH]2)c1. The minimum atomic E-state index is -0.444. The molecule has 0 aliphatic rings. The van der Waals surface area contributed by atoms with E-state index >= 15 is 0 Å². The van der Waals surface area contributed by atoms with Gasteiger partial charge in [0, 0.05) is 10.7 Å². The first kappa shape index (κ1) is 16.1. The molecule has 0 aliphatic carbocycles. The second-order valence-electron chi connectivity index (χ2n) is 4.52. The predicted octanol–water partition coefficient (Wildman–Crippen LogP) is 2.18. The molecule has 3 N–H and O–H groups in total. The highest BCUT2D eigenvalue weighted by Crippen LogP contribution is 2.13. The molecule has 0 spiro atoms. The first-order valence-electron chi connectivity index (χ1n) is 6.73. The van der Waals surface area contributed by atoms with Crippen LogP contribution in [0.1, 0.15) is 23.0 Å². The summed E-state index contributed by atoms with van der Waals surface area (Å²) in [6.45, 7) is 1.86. The van der Waals surface area contributed by atoms with Crippen LogP contribution >= 0.6 is 15.9 Å². The average Bonchev–Trinajstić information content (AvgIpc) is 2.97. The Bertz CT molecular complexity index is 670. The maximum Gasteiger partial charge on any atom is 0.286 e. The van der Waals surface area contributed by atoms with Crippen LogP contribution < -0.4 is 15.6 Å². The Labute approximate surface area is 136 Å². The van der Waals surface area contributed by atoms with E-state index in [9.17, 15) is 9.59 Å². The van der Waals surface area contributed by atoms with E-state index in [0.717, 1.165) is 16.5 Å². The van der Waals surface area contributed by atoms with Crippen molar-refractivity contribution < 1.29 is 14.3 Å². The third-order valence-corrected chi connectivity index (χ3v) is 3.34. The number of hydrazine groups is 1. The van der Waals surface area contributed by atoms with E-state index in [2.05, 4.69) is 31.8 Å². The summed E-state index contributed by atoms with van der Waals surface area (Å²) in [5.74, 6) is -0.262. The second kappa shape index (κ2) is 7.65. The molecule has 7 heteroatoms. The quantitative estimate of drug-likeness (QED) is 0.710. The smallest absolute Gasteiger partial charge is 0.286 e. The largest absolute Gasteiger partial charge is 0.484 e. The van der Waals surface area contributed by atoms with Crippen molar-refractivity contribution in [3.8, 4) is 5.75 Å². The second-order valence-corrected chi connectivity index (χ2v) is 5.44. The molecule has 22 heavy (non-hydrogen) atoms. The van der Waals surface area contributed by atoms with Crippen molar-refractivity contribution in [1.29, 1.82) is 0 Å². The molecule has 2 aromatic rings. The number of carbonyl (C=O) groups excluding carboxylic acids is 2. The number of aromatic nitrogens is 1. The molecule has 6 nitrogen and oxygen atoms in total. The van der Waals surface area contributed by atoms with E-state index in [1.54, 1.807) is 18.3 Å². The number of amides is 2. The minimum absolute atomic E-state index is 0.179. The van der Waals surface area contributed by atoms with E-state index in [1.807, 2.05) is 25.1 Å². The molecule has 2 amide bonds. The summed E-state index contributed by atoms with van der Waals surface area (Å²) in [6, 6.07) is 9.12. The average molecular weight is 366 g/mol. The highest BCUT2D eigenvalue weighted by molar-refractivity contribution is 9.10. The monoisotopic (exact) mass is 365 g/mol. The molecule has 0 saturated heterocycles. The molecular weight excluding hydrogens is 350 g/mol. The highest BCUT2D eigenvalue weighted by Gasteiger charge is 2.09. The fourth-order valence-electron chi connectivity index (χ4n) is 1.73. The van der Waals surface area contributed by atoms with Crippen molar-refractivity contribution >= 4 is 27.7 Å². The third kappa shape index (κ3) is 4.63. The van der Waals surface area contributed by atoms with E-state index in [0.29, 0.717) is 11.4 Å².